The van der Waals surface area contributed by atoms with Gasteiger partial charge in [0.25, 0.3) is 0 Å². The van der Waals surface area contributed by atoms with E-state index in [1.807, 2.05) is 6.92 Å². The van der Waals surface area contributed by atoms with Gasteiger partial charge >= 0.3 is 0 Å². The highest BCUT2D eigenvalue weighted by atomic mass is 16.3. The van der Waals surface area contributed by atoms with Gasteiger partial charge in [0, 0.05) is 17.9 Å². The van der Waals surface area contributed by atoms with Gasteiger partial charge in [0.2, 0.25) is 0 Å². The molecule has 0 radical (unpaired) electrons. The number of aliphatic hydroxyl groups is 4. The Balaban J connectivity index is 1.83. The van der Waals surface area contributed by atoms with E-state index in [2.05, 4.69) is 13.8 Å². The lowest BCUT2D eigenvalue weighted by atomic mass is 9.38. The van der Waals surface area contributed by atoms with E-state index in [0.29, 0.717) is 18.3 Å². The van der Waals surface area contributed by atoms with Crippen molar-refractivity contribution in [3.8, 4) is 0 Å². The molecule has 4 fully saturated rings. The fourth-order valence-corrected chi connectivity index (χ4v) is 8.18. The molecule has 0 aromatic rings. The summed E-state index contributed by atoms with van der Waals surface area (Å²) in [7, 11) is 0. The Hall–Kier alpha value is -0.160. The summed E-state index contributed by atoms with van der Waals surface area (Å²) in [5.74, 6) is 0.707. The number of aliphatic hydroxyl groups excluding tert-OH is 3. The third-order valence-corrected chi connectivity index (χ3v) is 9.22. The molecule has 4 aliphatic carbocycles. The van der Waals surface area contributed by atoms with Gasteiger partial charge < -0.3 is 20.4 Å². The molecular weight excluding hydrogens is 304 g/mol. The van der Waals surface area contributed by atoms with E-state index < -0.39 is 17.8 Å². The SMILES string of the molecule is C[C@@]1(CO)C[C@H](O)C[C@@]2(C)[C@H]1CC[C@H]1C[C@H]3[C@H](O)[C@]12CC[C@]3(C)O. The van der Waals surface area contributed by atoms with E-state index in [1.165, 1.54) is 0 Å². The second-order valence-corrected chi connectivity index (χ2v) is 10.3. The van der Waals surface area contributed by atoms with Crippen LogP contribution in [0.2, 0.25) is 0 Å². The van der Waals surface area contributed by atoms with E-state index in [9.17, 15) is 20.4 Å². The highest BCUT2D eigenvalue weighted by molar-refractivity contribution is 5.22. The minimum Gasteiger partial charge on any atom is -0.396 e. The van der Waals surface area contributed by atoms with Crippen LogP contribution in [-0.2, 0) is 0 Å². The molecule has 4 nitrogen and oxygen atoms in total. The summed E-state index contributed by atoms with van der Waals surface area (Å²) >= 11 is 0. The molecule has 0 aromatic heterocycles. The minimum atomic E-state index is -0.776. The van der Waals surface area contributed by atoms with Gasteiger partial charge in [0.05, 0.1) is 17.8 Å². The predicted molar refractivity (Wildman–Crippen MR) is 91.2 cm³/mol. The van der Waals surface area contributed by atoms with Crippen molar-refractivity contribution in [2.75, 3.05) is 6.61 Å². The third kappa shape index (κ3) is 1.84. The van der Waals surface area contributed by atoms with Gasteiger partial charge in [-0.25, -0.2) is 0 Å². The van der Waals surface area contributed by atoms with Crippen LogP contribution in [-0.4, -0.2) is 44.8 Å². The zero-order valence-corrected chi connectivity index (χ0v) is 15.3. The summed E-state index contributed by atoms with van der Waals surface area (Å²) in [5.41, 5.74) is -1.43. The predicted octanol–water partition coefficient (Wildman–Crippen LogP) is 2.08. The van der Waals surface area contributed by atoms with Crippen molar-refractivity contribution in [2.24, 2.45) is 34.0 Å². The maximum absolute atomic E-state index is 11.4. The number of fused-ring (bicyclic) bond motifs is 2. The Labute approximate surface area is 145 Å². The second kappa shape index (κ2) is 4.97. The third-order valence-electron chi connectivity index (χ3n) is 9.22. The fraction of sp³-hybridized carbons (Fsp3) is 1.00. The summed E-state index contributed by atoms with van der Waals surface area (Å²) in [6.07, 6.45) is 5.09. The first-order chi connectivity index (χ1) is 11.1. The van der Waals surface area contributed by atoms with Crippen LogP contribution in [0.4, 0.5) is 0 Å². The molecule has 138 valence electrons. The van der Waals surface area contributed by atoms with Crippen molar-refractivity contribution in [3.05, 3.63) is 0 Å². The summed E-state index contributed by atoms with van der Waals surface area (Å²) in [4.78, 5) is 0. The molecule has 2 bridgehead atoms. The maximum Gasteiger partial charge on any atom is 0.0673 e. The van der Waals surface area contributed by atoms with Crippen LogP contribution in [0.1, 0.15) is 65.7 Å². The van der Waals surface area contributed by atoms with Crippen LogP contribution >= 0.6 is 0 Å². The second-order valence-electron chi connectivity index (χ2n) is 10.3. The largest absolute Gasteiger partial charge is 0.396 e. The zero-order chi connectivity index (χ0) is 17.5. The van der Waals surface area contributed by atoms with E-state index in [-0.39, 0.29) is 28.8 Å². The minimum absolute atomic E-state index is 0.0497. The van der Waals surface area contributed by atoms with E-state index in [0.717, 1.165) is 38.5 Å². The van der Waals surface area contributed by atoms with E-state index in [4.69, 9.17) is 0 Å². The monoisotopic (exact) mass is 338 g/mol. The Morgan fingerprint density at radius 2 is 1.71 bits per heavy atom. The van der Waals surface area contributed by atoms with Crippen LogP contribution < -0.4 is 0 Å². The number of hydrogen-bond donors (Lipinski definition) is 4. The first-order valence-electron chi connectivity index (χ1n) is 9.80. The highest BCUT2D eigenvalue weighted by Gasteiger charge is 2.73. The molecule has 0 saturated heterocycles. The Morgan fingerprint density at radius 1 is 1.00 bits per heavy atom. The van der Waals surface area contributed by atoms with Crippen molar-refractivity contribution < 1.29 is 20.4 Å². The molecule has 4 saturated carbocycles. The fourth-order valence-electron chi connectivity index (χ4n) is 8.18. The summed E-state index contributed by atoms with van der Waals surface area (Å²) in [6, 6.07) is 0. The first kappa shape index (κ1) is 17.3. The Morgan fingerprint density at radius 3 is 2.38 bits per heavy atom. The molecule has 4 rings (SSSR count). The van der Waals surface area contributed by atoms with Gasteiger partial charge in [-0.2, -0.15) is 0 Å². The van der Waals surface area contributed by atoms with Gasteiger partial charge in [0.15, 0.2) is 0 Å². The van der Waals surface area contributed by atoms with E-state index >= 15 is 0 Å². The quantitative estimate of drug-likeness (QED) is 0.590. The Kier molecular flexibility index (Phi) is 3.57. The van der Waals surface area contributed by atoms with Gasteiger partial charge in [-0.15, -0.1) is 0 Å². The number of rotatable bonds is 1. The van der Waals surface area contributed by atoms with Crippen molar-refractivity contribution in [2.45, 2.75) is 83.5 Å². The molecule has 0 aliphatic heterocycles. The van der Waals surface area contributed by atoms with Crippen LogP contribution in [0.5, 0.6) is 0 Å². The van der Waals surface area contributed by atoms with E-state index in [1.54, 1.807) is 0 Å². The van der Waals surface area contributed by atoms with Crippen molar-refractivity contribution in [1.29, 1.82) is 0 Å². The summed E-state index contributed by atoms with van der Waals surface area (Å²) in [5, 5.41) is 42.9. The van der Waals surface area contributed by atoms with Crippen LogP contribution in [0.3, 0.4) is 0 Å². The molecule has 4 aliphatic rings. The van der Waals surface area contributed by atoms with Gasteiger partial charge in [-0.1, -0.05) is 13.8 Å². The first-order valence-corrected chi connectivity index (χ1v) is 9.80. The number of hydrogen-bond acceptors (Lipinski definition) is 4. The lowest BCUT2D eigenvalue weighted by Crippen LogP contribution is -2.66. The summed E-state index contributed by atoms with van der Waals surface area (Å²) < 4.78 is 0. The zero-order valence-electron chi connectivity index (χ0n) is 15.3. The molecule has 0 aromatic carbocycles. The van der Waals surface area contributed by atoms with Gasteiger partial charge in [0.1, 0.15) is 0 Å². The lowest BCUT2D eigenvalue weighted by Gasteiger charge is -2.67. The summed E-state index contributed by atoms with van der Waals surface area (Å²) in [6.45, 7) is 6.37. The molecule has 4 heteroatoms. The molecule has 0 unspecified atom stereocenters. The maximum atomic E-state index is 11.4. The molecule has 0 amide bonds. The van der Waals surface area contributed by atoms with Crippen LogP contribution in [0, 0.1) is 34.0 Å². The molecule has 1 spiro atoms. The molecule has 9 atom stereocenters. The average Bonchev–Trinajstić information content (AvgIpc) is 2.72. The molecule has 0 heterocycles. The molecular formula is C20H34O4. The standard InChI is InChI=1S/C20H34O4/c1-17(11-21)9-13(22)10-18(2)15(17)5-4-12-8-14-16(23)20(12,18)7-6-19(14,3)24/h12-16,21-24H,4-11H2,1-3H3/t12-,13-,14-,15-,16-,17-,18-,19-,20-/m0/s1. The van der Waals surface area contributed by atoms with Crippen LogP contribution in [0.15, 0.2) is 0 Å². The van der Waals surface area contributed by atoms with Gasteiger partial charge in [-0.05, 0) is 74.5 Å². The van der Waals surface area contributed by atoms with Crippen LogP contribution in [0.25, 0.3) is 0 Å². The van der Waals surface area contributed by atoms with Crippen molar-refractivity contribution >= 4 is 0 Å². The van der Waals surface area contributed by atoms with Crippen molar-refractivity contribution in [1.82, 2.24) is 0 Å². The van der Waals surface area contributed by atoms with Crippen molar-refractivity contribution in [3.63, 3.8) is 0 Å². The Bertz CT molecular complexity index is 534. The molecule has 24 heavy (non-hydrogen) atoms. The van der Waals surface area contributed by atoms with Gasteiger partial charge in [-0.3, -0.25) is 0 Å². The topological polar surface area (TPSA) is 80.9 Å². The normalized spacial score (nSPS) is 62.9. The lowest BCUT2D eigenvalue weighted by molar-refractivity contribution is -0.240. The highest BCUT2D eigenvalue weighted by Crippen LogP contribution is 2.75. The smallest absolute Gasteiger partial charge is 0.0673 e. The average molecular weight is 338 g/mol. The molecule has 4 N–H and O–H groups in total.